The highest BCUT2D eigenvalue weighted by molar-refractivity contribution is 6.19. The first-order chi connectivity index (χ1) is 8.56. The van der Waals surface area contributed by atoms with E-state index < -0.39 is 5.97 Å². The van der Waals surface area contributed by atoms with Gasteiger partial charge in [-0.1, -0.05) is 20.4 Å². The zero-order valence-corrected chi connectivity index (χ0v) is 10.7. The molecule has 0 saturated heterocycles. The van der Waals surface area contributed by atoms with Crippen molar-refractivity contribution in [1.82, 2.24) is 4.90 Å². The zero-order chi connectivity index (χ0) is 13.7. The molecule has 0 aromatic rings. The first kappa shape index (κ1) is 14.2. The molecule has 1 aliphatic rings. The molecular formula is C13H17NO4. The molecule has 0 aromatic carbocycles. The standard InChI is InChI=1S/C13H17NO4/c1-4-9-10(5-2)13(17)14(12(9)16)7-8-18-11(15)6-3/h6H,3-5,7-8H2,1-2H3. The van der Waals surface area contributed by atoms with E-state index in [2.05, 4.69) is 6.58 Å². The highest BCUT2D eigenvalue weighted by atomic mass is 16.5. The fourth-order valence-electron chi connectivity index (χ4n) is 1.90. The minimum atomic E-state index is -0.562. The second-order valence-corrected chi connectivity index (χ2v) is 3.80. The van der Waals surface area contributed by atoms with E-state index in [0.717, 1.165) is 11.0 Å². The average Bonchev–Trinajstić information content (AvgIpc) is 2.61. The van der Waals surface area contributed by atoms with Crippen molar-refractivity contribution in [2.45, 2.75) is 26.7 Å². The maximum absolute atomic E-state index is 11.9. The summed E-state index contributed by atoms with van der Waals surface area (Å²) in [5, 5.41) is 0. The quantitative estimate of drug-likeness (QED) is 0.404. The second-order valence-electron chi connectivity index (χ2n) is 3.80. The summed E-state index contributed by atoms with van der Waals surface area (Å²) >= 11 is 0. The molecule has 1 rings (SSSR count). The van der Waals surface area contributed by atoms with Crippen molar-refractivity contribution in [3.63, 3.8) is 0 Å². The Kier molecular flexibility index (Phi) is 4.83. The number of esters is 1. The molecule has 18 heavy (non-hydrogen) atoms. The predicted octanol–water partition coefficient (Wildman–Crippen LogP) is 1.20. The van der Waals surface area contributed by atoms with Crippen LogP contribution in [0.1, 0.15) is 26.7 Å². The number of ether oxygens (including phenoxy) is 1. The number of amides is 2. The molecule has 0 atom stereocenters. The summed E-state index contributed by atoms with van der Waals surface area (Å²) in [5.74, 6) is -1.10. The lowest BCUT2D eigenvalue weighted by molar-refractivity contribution is -0.144. The van der Waals surface area contributed by atoms with Crippen molar-refractivity contribution in [3.05, 3.63) is 23.8 Å². The topological polar surface area (TPSA) is 63.7 Å². The number of carbonyl (C=O) groups is 3. The molecule has 1 aliphatic heterocycles. The third kappa shape index (κ3) is 2.67. The van der Waals surface area contributed by atoms with E-state index in [0.29, 0.717) is 24.0 Å². The molecule has 0 unspecified atom stereocenters. The molecule has 2 amide bonds. The Balaban J connectivity index is 2.66. The molecule has 0 bridgehead atoms. The predicted molar refractivity (Wildman–Crippen MR) is 65.5 cm³/mol. The van der Waals surface area contributed by atoms with Gasteiger partial charge < -0.3 is 4.74 Å². The molecule has 98 valence electrons. The summed E-state index contributed by atoms with van der Waals surface area (Å²) in [4.78, 5) is 35.9. The van der Waals surface area contributed by atoms with Crippen LogP contribution in [0.4, 0.5) is 0 Å². The van der Waals surface area contributed by atoms with Gasteiger partial charge in [-0.05, 0) is 12.8 Å². The number of carbonyl (C=O) groups excluding carboxylic acids is 3. The average molecular weight is 251 g/mol. The van der Waals surface area contributed by atoms with Crippen LogP contribution in [0.3, 0.4) is 0 Å². The summed E-state index contributed by atoms with van der Waals surface area (Å²) in [5.41, 5.74) is 1.13. The second kappa shape index (κ2) is 6.14. The summed E-state index contributed by atoms with van der Waals surface area (Å²) in [6.45, 7) is 7.03. The van der Waals surface area contributed by atoms with Gasteiger partial charge in [0.15, 0.2) is 0 Å². The van der Waals surface area contributed by atoms with Crippen LogP contribution in [-0.4, -0.2) is 35.8 Å². The Morgan fingerprint density at radius 1 is 1.22 bits per heavy atom. The third-order valence-electron chi connectivity index (χ3n) is 2.80. The summed E-state index contributed by atoms with van der Waals surface area (Å²) in [6.07, 6.45) is 2.12. The summed E-state index contributed by atoms with van der Waals surface area (Å²) in [6, 6.07) is 0. The molecule has 0 radical (unpaired) electrons. The van der Waals surface area contributed by atoms with Crippen molar-refractivity contribution < 1.29 is 19.1 Å². The molecule has 1 heterocycles. The number of rotatable bonds is 6. The van der Waals surface area contributed by atoms with Crippen LogP contribution in [0.5, 0.6) is 0 Å². The van der Waals surface area contributed by atoms with Crippen LogP contribution in [0.15, 0.2) is 23.8 Å². The Hall–Kier alpha value is -1.91. The van der Waals surface area contributed by atoms with Gasteiger partial charge in [-0.2, -0.15) is 0 Å². The van der Waals surface area contributed by atoms with E-state index in [4.69, 9.17) is 4.74 Å². The molecule has 0 aromatic heterocycles. The van der Waals surface area contributed by atoms with Crippen molar-refractivity contribution >= 4 is 17.8 Å². The lowest BCUT2D eigenvalue weighted by atomic mass is 10.1. The van der Waals surface area contributed by atoms with Gasteiger partial charge in [-0.3, -0.25) is 14.5 Å². The van der Waals surface area contributed by atoms with Crippen LogP contribution < -0.4 is 0 Å². The van der Waals surface area contributed by atoms with E-state index in [1.165, 1.54) is 0 Å². The number of hydrogen-bond donors (Lipinski definition) is 0. The largest absolute Gasteiger partial charge is 0.461 e. The maximum atomic E-state index is 11.9. The van der Waals surface area contributed by atoms with Gasteiger partial charge in [0.2, 0.25) is 0 Å². The molecule has 0 spiro atoms. The smallest absolute Gasteiger partial charge is 0.330 e. The van der Waals surface area contributed by atoms with E-state index in [1.54, 1.807) is 0 Å². The van der Waals surface area contributed by atoms with Gasteiger partial charge in [0, 0.05) is 17.2 Å². The monoisotopic (exact) mass is 251 g/mol. The third-order valence-corrected chi connectivity index (χ3v) is 2.80. The lowest BCUT2D eigenvalue weighted by Gasteiger charge is -2.14. The van der Waals surface area contributed by atoms with Gasteiger partial charge in [0.1, 0.15) is 6.61 Å². The van der Waals surface area contributed by atoms with Crippen LogP contribution in [-0.2, 0) is 19.1 Å². The van der Waals surface area contributed by atoms with Crippen molar-refractivity contribution in [1.29, 1.82) is 0 Å². The molecular weight excluding hydrogens is 234 g/mol. The Labute approximate surface area is 106 Å². The molecule has 0 saturated carbocycles. The lowest BCUT2D eigenvalue weighted by Crippen LogP contribution is -2.35. The van der Waals surface area contributed by atoms with Gasteiger partial charge in [0.05, 0.1) is 6.54 Å². The maximum Gasteiger partial charge on any atom is 0.330 e. The van der Waals surface area contributed by atoms with Crippen molar-refractivity contribution in [2.24, 2.45) is 0 Å². The Morgan fingerprint density at radius 3 is 2.11 bits per heavy atom. The number of imide groups is 1. The minimum absolute atomic E-state index is 0.00365. The molecule has 0 fully saturated rings. The van der Waals surface area contributed by atoms with Crippen molar-refractivity contribution in [3.8, 4) is 0 Å². The fraction of sp³-hybridized carbons (Fsp3) is 0.462. The fourth-order valence-corrected chi connectivity index (χ4v) is 1.90. The minimum Gasteiger partial charge on any atom is -0.461 e. The normalized spacial score (nSPS) is 15.3. The number of hydrogen-bond acceptors (Lipinski definition) is 4. The van der Waals surface area contributed by atoms with E-state index in [9.17, 15) is 14.4 Å². The van der Waals surface area contributed by atoms with Gasteiger partial charge in [-0.25, -0.2) is 4.79 Å². The zero-order valence-electron chi connectivity index (χ0n) is 10.7. The summed E-state index contributed by atoms with van der Waals surface area (Å²) in [7, 11) is 0. The Morgan fingerprint density at radius 2 is 1.72 bits per heavy atom. The van der Waals surface area contributed by atoms with Crippen LogP contribution >= 0.6 is 0 Å². The van der Waals surface area contributed by atoms with Crippen molar-refractivity contribution in [2.75, 3.05) is 13.2 Å². The Bertz CT molecular complexity index is 397. The van der Waals surface area contributed by atoms with E-state index in [-0.39, 0.29) is 25.0 Å². The van der Waals surface area contributed by atoms with E-state index in [1.807, 2.05) is 13.8 Å². The van der Waals surface area contributed by atoms with Crippen LogP contribution in [0, 0.1) is 0 Å². The van der Waals surface area contributed by atoms with Gasteiger partial charge >= 0.3 is 5.97 Å². The molecule has 5 heteroatoms. The van der Waals surface area contributed by atoms with Crippen LogP contribution in [0.2, 0.25) is 0 Å². The van der Waals surface area contributed by atoms with Gasteiger partial charge in [0.25, 0.3) is 11.8 Å². The molecule has 0 aliphatic carbocycles. The van der Waals surface area contributed by atoms with E-state index >= 15 is 0 Å². The molecule has 0 N–H and O–H groups in total. The first-order valence-corrected chi connectivity index (χ1v) is 5.94. The first-order valence-electron chi connectivity index (χ1n) is 5.94. The summed E-state index contributed by atoms with van der Waals surface area (Å²) < 4.78 is 4.77. The van der Waals surface area contributed by atoms with Crippen LogP contribution in [0.25, 0.3) is 0 Å². The molecule has 5 nitrogen and oxygen atoms in total. The number of nitrogens with zero attached hydrogens (tertiary/aromatic N) is 1. The van der Waals surface area contributed by atoms with Gasteiger partial charge in [-0.15, -0.1) is 0 Å². The highest BCUT2D eigenvalue weighted by Gasteiger charge is 2.35. The highest BCUT2D eigenvalue weighted by Crippen LogP contribution is 2.25. The SMILES string of the molecule is C=CC(=O)OCCN1C(=O)C(CC)=C(CC)C1=O.